The van der Waals surface area contributed by atoms with Crippen LogP contribution in [0.4, 0.5) is 0 Å². The second kappa shape index (κ2) is 4.77. The zero-order chi connectivity index (χ0) is 13.6. The van der Waals surface area contributed by atoms with E-state index in [4.69, 9.17) is 0 Å². The van der Waals surface area contributed by atoms with E-state index >= 15 is 0 Å². The molecule has 2 bridgehead atoms. The maximum absolute atomic E-state index is 9.81. The van der Waals surface area contributed by atoms with Crippen LogP contribution in [0.5, 0.6) is 5.75 Å². The highest BCUT2D eigenvalue weighted by Gasteiger charge is 2.44. The Kier molecular flexibility index (Phi) is 3.03. The number of aromatic hydroxyl groups is 1. The summed E-state index contributed by atoms with van der Waals surface area (Å²) in [5, 5.41) is 9.81. The zero-order valence-electron chi connectivity index (χ0n) is 12.2. The SMILES string of the molecule is Oc1cccc([C@@]23CCC[C@@H](C2)N(CC2CC2)CC3)c1. The summed E-state index contributed by atoms with van der Waals surface area (Å²) in [6.07, 6.45) is 9.55. The van der Waals surface area contributed by atoms with Crippen molar-refractivity contribution in [3.8, 4) is 5.75 Å². The Morgan fingerprint density at radius 2 is 2.10 bits per heavy atom. The molecule has 0 unspecified atom stereocenters. The van der Waals surface area contributed by atoms with Gasteiger partial charge in [0.1, 0.15) is 5.75 Å². The van der Waals surface area contributed by atoms with Gasteiger partial charge in [0.2, 0.25) is 0 Å². The third-order valence-electron chi connectivity index (χ3n) is 5.86. The van der Waals surface area contributed by atoms with E-state index in [1.165, 1.54) is 63.6 Å². The Morgan fingerprint density at radius 3 is 2.90 bits per heavy atom. The Labute approximate surface area is 121 Å². The number of hydrogen-bond donors (Lipinski definition) is 1. The number of fused-ring (bicyclic) bond motifs is 2. The van der Waals surface area contributed by atoms with Gasteiger partial charge in [-0.05, 0) is 74.1 Å². The van der Waals surface area contributed by atoms with Crippen molar-refractivity contribution in [3.05, 3.63) is 29.8 Å². The van der Waals surface area contributed by atoms with Crippen LogP contribution < -0.4 is 0 Å². The predicted octanol–water partition coefficient (Wildman–Crippen LogP) is 3.69. The van der Waals surface area contributed by atoms with E-state index in [9.17, 15) is 5.11 Å². The molecule has 4 rings (SSSR count). The third-order valence-corrected chi connectivity index (χ3v) is 5.86. The quantitative estimate of drug-likeness (QED) is 0.906. The molecule has 1 N–H and O–H groups in total. The van der Waals surface area contributed by atoms with E-state index in [2.05, 4.69) is 11.0 Å². The molecule has 2 saturated carbocycles. The normalized spacial score (nSPS) is 34.1. The van der Waals surface area contributed by atoms with Crippen molar-refractivity contribution in [2.24, 2.45) is 5.92 Å². The zero-order valence-corrected chi connectivity index (χ0v) is 12.2. The van der Waals surface area contributed by atoms with Crippen LogP contribution in [0, 0.1) is 5.92 Å². The van der Waals surface area contributed by atoms with E-state index in [1.807, 2.05) is 12.1 Å². The molecule has 108 valence electrons. The molecular formula is C18H25NO. The number of rotatable bonds is 3. The van der Waals surface area contributed by atoms with E-state index < -0.39 is 0 Å². The third kappa shape index (κ3) is 2.24. The summed E-state index contributed by atoms with van der Waals surface area (Å²) in [5.74, 6) is 1.43. The number of piperidine rings is 1. The molecule has 0 aromatic heterocycles. The summed E-state index contributed by atoms with van der Waals surface area (Å²) in [6.45, 7) is 2.61. The lowest BCUT2D eigenvalue weighted by atomic mass is 9.63. The van der Waals surface area contributed by atoms with E-state index in [-0.39, 0.29) is 0 Å². The fourth-order valence-electron chi connectivity index (χ4n) is 4.52. The van der Waals surface area contributed by atoms with Crippen LogP contribution in [0.25, 0.3) is 0 Å². The van der Waals surface area contributed by atoms with Gasteiger partial charge in [-0.15, -0.1) is 0 Å². The van der Waals surface area contributed by atoms with E-state index in [1.54, 1.807) is 6.07 Å². The monoisotopic (exact) mass is 271 g/mol. The molecule has 2 nitrogen and oxygen atoms in total. The molecule has 0 radical (unpaired) electrons. The molecule has 2 heteroatoms. The minimum absolute atomic E-state index is 0.349. The Bertz CT molecular complexity index is 496. The number of phenols is 1. The van der Waals surface area contributed by atoms with Gasteiger partial charge < -0.3 is 10.0 Å². The van der Waals surface area contributed by atoms with Crippen LogP contribution in [0.2, 0.25) is 0 Å². The molecule has 3 fully saturated rings. The lowest BCUT2D eigenvalue weighted by Gasteiger charge is -2.51. The van der Waals surface area contributed by atoms with Gasteiger partial charge in [-0.1, -0.05) is 18.6 Å². The van der Waals surface area contributed by atoms with E-state index in [0.29, 0.717) is 11.2 Å². The van der Waals surface area contributed by atoms with Crippen LogP contribution >= 0.6 is 0 Å². The van der Waals surface area contributed by atoms with Crippen molar-refractivity contribution in [1.29, 1.82) is 0 Å². The molecule has 1 aromatic rings. The summed E-state index contributed by atoms with van der Waals surface area (Å²) in [5.41, 5.74) is 1.73. The number of likely N-dealkylation sites (tertiary alicyclic amines) is 1. The number of benzene rings is 1. The highest BCUT2D eigenvalue weighted by molar-refractivity contribution is 5.34. The van der Waals surface area contributed by atoms with Gasteiger partial charge in [0.15, 0.2) is 0 Å². The molecule has 0 spiro atoms. The highest BCUT2D eigenvalue weighted by Crippen LogP contribution is 2.48. The maximum Gasteiger partial charge on any atom is 0.115 e. The Morgan fingerprint density at radius 1 is 1.20 bits per heavy atom. The summed E-state index contributed by atoms with van der Waals surface area (Å²) < 4.78 is 0. The number of nitrogens with zero attached hydrogens (tertiary/aromatic N) is 1. The van der Waals surface area contributed by atoms with Gasteiger partial charge >= 0.3 is 0 Å². The van der Waals surface area contributed by atoms with Crippen molar-refractivity contribution < 1.29 is 5.11 Å². The molecular weight excluding hydrogens is 246 g/mol. The first-order chi connectivity index (χ1) is 9.75. The van der Waals surface area contributed by atoms with Crippen molar-refractivity contribution in [1.82, 2.24) is 4.90 Å². The van der Waals surface area contributed by atoms with Crippen LogP contribution in [0.1, 0.15) is 50.5 Å². The first-order valence-electron chi connectivity index (χ1n) is 8.29. The summed E-state index contributed by atoms with van der Waals surface area (Å²) in [4.78, 5) is 2.78. The maximum atomic E-state index is 9.81. The lowest BCUT2D eigenvalue weighted by Crippen LogP contribution is -2.52. The predicted molar refractivity (Wildman–Crippen MR) is 81.0 cm³/mol. The van der Waals surface area contributed by atoms with Crippen molar-refractivity contribution in [2.45, 2.75) is 56.4 Å². The van der Waals surface area contributed by atoms with Crippen molar-refractivity contribution in [3.63, 3.8) is 0 Å². The minimum Gasteiger partial charge on any atom is -0.508 e. The number of phenolic OH excluding ortho intramolecular Hbond substituents is 1. The minimum atomic E-state index is 0.349. The topological polar surface area (TPSA) is 23.5 Å². The molecule has 2 aliphatic carbocycles. The molecule has 1 heterocycles. The van der Waals surface area contributed by atoms with Crippen LogP contribution in [0.15, 0.2) is 24.3 Å². The fourth-order valence-corrected chi connectivity index (χ4v) is 4.52. The van der Waals surface area contributed by atoms with Gasteiger partial charge in [-0.2, -0.15) is 0 Å². The average Bonchev–Trinajstić information content (AvgIpc) is 3.27. The van der Waals surface area contributed by atoms with Gasteiger partial charge in [-0.25, -0.2) is 0 Å². The standard InChI is InChI=1S/C18H25NO/c20-17-5-1-3-15(11-17)18-8-2-4-16(12-18)19(10-9-18)13-14-6-7-14/h1,3,5,11,14,16,20H,2,4,6-10,12-13H2/t16-,18+/m0/s1. The van der Waals surface area contributed by atoms with Gasteiger partial charge in [0.05, 0.1) is 0 Å². The highest BCUT2D eigenvalue weighted by atomic mass is 16.3. The summed E-state index contributed by atoms with van der Waals surface area (Å²) >= 11 is 0. The first-order valence-corrected chi connectivity index (χ1v) is 8.29. The van der Waals surface area contributed by atoms with Crippen molar-refractivity contribution in [2.75, 3.05) is 13.1 Å². The van der Waals surface area contributed by atoms with Gasteiger partial charge in [0.25, 0.3) is 0 Å². The van der Waals surface area contributed by atoms with Gasteiger partial charge in [0, 0.05) is 12.6 Å². The molecule has 0 amide bonds. The fraction of sp³-hybridized carbons (Fsp3) is 0.667. The largest absolute Gasteiger partial charge is 0.508 e. The molecule has 1 saturated heterocycles. The van der Waals surface area contributed by atoms with Crippen LogP contribution in [0.3, 0.4) is 0 Å². The average molecular weight is 271 g/mol. The summed E-state index contributed by atoms with van der Waals surface area (Å²) in [6, 6.07) is 8.85. The number of hydrogen-bond acceptors (Lipinski definition) is 2. The summed E-state index contributed by atoms with van der Waals surface area (Å²) in [7, 11) is 0. The molecule has 1 aromatic carbocycles. The van der Waals surface area contributed by atoms with Crippen LogP contribution in [-0.2, 0) is 5.41 Å². The molecule has 1 aliphatic heterocycles. The van der Waals surface area contributed by atoms with Crippen LogP contribution in [-0.4, -0.2) is 29.1 Å². The second-order valence-electron chi connectivity index (χ2n) is 7.27. The molecule has 3 aliphatic rings. The molecule has 20 heavy (non-hydrogen) atoms. The Balaban J connectivity index is 1.57. The second-order valence-corrected chi connectivity index (χ2v) is 7.27. The first kappa shape index (κ1) is 12.7. The smallest absolute Gasteiger partial charge is 0.115 e. The van der Waals surface area contributed by atoms with E-state index in [0.717, 1.165) is 12.0 Å². The Hall–Kier alpha value is -1.02. The molecule has 2 atom stereocenters. The van der Waals surface area contributed by atoms with Gasteiger partial charge in [-0.3, -0.25) is 0 Å². The lowest BCUT2D eigenvalue weighted by molar-refractivity contribution is 0.0482. The van der Waals surface area contributed by atoms with Crippen molar-refractivity contribution >= 4 is 0 Å².